The summed E-state index contributed by atoms with van der Waals surface area (Å²) in [7, 11) is 0. The van der Waals surface area contributed by atoms with Crippen LogP contribution < -0.4 is 15.5 Å². The first kappa shape index (κ1) is 29.0. The van der Waals surface area contributed by atoms with Crippen molar-refractivity contribution >= 4 is 29.5 Å². The quantitative estimate of drug-likeness (QED) is 0.209. The lowest BCUT2D eigenvalue weighted by Gasteiger charge is -2.28. The number of benzene rings is 2. The zero-order valence-corrected chi connectivity index (χ0v) is 23.2. The molecule has 4 aromatic rings. The number of hydrogen-bond donors (Lipinski definition) is 3. The summed E-state index contributed by atoms with van der Waals surface area (Å²) < 4.78 is 5.39. The number of carbonyl (C=O) groups excluding carboxylic acids is 4. The molecule has 0 saturated heterocycles. The van der Waals surface area contributed by atoms with Gasteiger partial charge in [0.15, 0.2) is 5.82 Å². The molecule has 13 heteroatoms. The van der Waals surface area contributed by atoms with E-state index in [-0.39, 0.29) is 44.7 Å². The Morgan fingerprint density at radius 3 is 2.44 bits per heavy atom. The zero-order valence-electron chi connectivity index (χ0n) is 23.2. The minimum atomic E-state index is -1.12. The number of rotatable bonds is 12. The van der Waals surface area contributed by atoms with Crippen LogP contribution in [0.1, 0.15) is 35.4 Å². The molecule has 3 heterocycles. The largest absolute Gasteiger partial charge is 0.461 e. The molecule has 5 rings (SSSR count). The number of hydrogen-bond acceptors (Lipinski definition) is 9. The van der Waals surface area contributed by atoms with Gasteiger partial charge in [-0.25, -0.2) is 4.98 Å². The lowest BCUT2D eigenvalue weighted by atomic mass is 10.1. The molecule has 3 N–H and O–H groups in total. The SMILES string of the molecule is O=C(Cc1ccccc1)N[C@@H](CCC(=O)OCc1ccccc1)C(=O)N1c2ncccc2C[C@H]1C(=O)NCc1nn[nH]n1. The van der Waals surface area contributed by atoms with Crippen LogP contribution in [-0.4, -0.2) is 61.4 Å². The summed E-state index contributed by atoms with van der Waals surface area (Å²) in [5, 5.41) is 19.0. The summed E-state index contributed by atoms with van der Waals surface area (Å²) in [6, 6.07) is 19.8. The van der Waals surface area contributed by atoms with Crippen LogP contribution in [0.3, 0.4) is 0 Å². The third kappa shape index (κ3) is 7.64. The molecule has 0 unspecified atom stereocenters. The van der Waals surface area contributed by atoms with Gasteiger partial charge in [-0.1, -0.05) is 71.9 Å². The summed E-state index contributed by atoms with van der Waals surface area (Å²) in [4.78, 5) is 58.9. The average molecular weight is 583 g/mol. The van der Waals surface area contributed by atoms with Crippen LogP contribution in [-0.2, 0) is 49.9 Å². The maximum absolute atomic E-state index is 14.1. The van der Waals surface area contributed by atoms with Crippen molar-refractivity contribution in [1.29, 1.82) is 0 Å². The Kier molecular flexibility index (Phi) is 9.42. The minimum Gasteiger partial charge on any atom is -0.461 e. The molecule has 2 aromatic carbocycles. The summed E-state index contributed by atoms with van der Waals surface area (Å²) in [5.41, 5.74) is 2.29. The van der Waals surface area contributed by atoms with Crippen LogP contribution in [0, 0.1) is 0 Å². The van der Waals surface area contributed by atoms with Gasteiger partial charge in [0.05, 0.1) is 13.0 Å². The first-order chi connectivity index (χ1) is 21.0. The van der Waals surface area contributed by atoms with Crippen LogP contribution >= 0.6 is 0 Å². The van der Waals surface area contributed by atoms with Crippen molar-refractivity contribution in [2.24, 2.45) is 0 Å². The molecule has 2 atom stereocenters. The van der Waals surface area contributed by atoms with E-state index in [0.29, 0.717) is 11.4 Å². The maximum atomic E-state index is 14.1. The average Bonchev–Trinajstić information content (AvgIpc) is 3.70. The molecule has 220 valence electrons. The third-order valence-corrected chi connectivity index (χ3v) is 6.89. The van der Waals surface area contributed by atoms with Crippen LogP contribution in [0.4, 0.5) is 5.82 Å². The second-order valence-corrected chi connectivity index (χ2v) is 9.93. The van der Waals surface area contributed by atoms with E-state index in [0.717, 1.165) is 11.1 Å². The number of fused-ring (bicyclic) bond motifs is 1. The van der Waals surface area contributed by atoms with Crippen molar-refractivity contribution in [3.8, 4) is 0 Å². The van der Waals surface area contributed by atoms with Gasteiger partial charge in [0.1, 0.15) is 24.5 Å². The number of ether oxygens (including phenoxy) is 1. The van der Waals surface area contributed by atoms with E-state index in [1.54, 1.807) is 12.1 Å². The molecule has 2 aromatic heterocycles. The number of nitrogens with one attached hydrogen (secondary N) is 3. The fourth-order valence-electron chi connectivity index (χ4n) is 4.79. The number of carbonyl (C=O) groups is 4. The van der Waals surface area contributed by atoms with Gasteiger partial charge in [0.25, 0.3) is 5.91 Å². The predicted octanol–water partition coefficient (Wildman–Crippen LogP) is 1.42. The first-order valence-corrected chi connectivity index (χ1v) is 13.8. The summed E-state index contributed by atoms with van der Waals surface area (Å²) in [6.45, 7) is 0.0901. The molecule has 0 bridgehead atoms. The molecule has 0 aliphatic carbocycles. The maximum Gasteiger partial charge on any atom is 0.306 e. The van der Waals surface area contributed by atoms with Crippen molar-refractivity contribution in [2.45, 2.75) is 50.9 Å². The molecule has 43 heavy (non-hydrogen) atoms. The second-order valence-electron chi connectivity index (χ2n) is 9.93. The Labute approximate surface area is 247 Å². The summed E-state index contributed by atoms with van der Waals surface area (Å²) >= 11 is 0. The van der Waals surface area contributed by atoms with E-state index in [9.17, 15) is 19.2 Å². The van der Waals surface area contributed by atoms with Gasteiger partial charge in [-0.15, -0.1) is 10.2 Å². The number of tetrazole rings is 1. The molecular formula is C30H30N8O5. The lowest BCUT2D eigenvalue weighted by molar-refractivity contribution is -0.145. The van der Waals surface area contributed by atoms with Crippen molar-refractivity contribution in [2.75, 3.05) is 4.90 Å². The van der Waals surface area contributed by atoms with Crippen molar-refractivity contribution in [3.63, 3.8) is 0 Å². The predicted molar refractivity (Wildman–Crippen MR) is 153 cm³/mol. The van der Waals surface area contributed by atoms with Crippen LogP contribution in [0.25, 0.3) is 0 Å². The van der Waals surface area contributed by atoms with Gasteiger partial charge in [-0.3, -0.25) is 24.1 Å². The number of anilines is 1. The van der Waals surface area contributed by atoms with Gasteiger partial charge in [0.2, 0.25) is 11.8 Å². The molecular weight excluding hydrogens is 552 g/mol. The normalized spacial score (nSPS) is 14.4. The van der Waals surface area contributed by atoms with Gasteiger partial charge in [-0.2, -0.15) is 5.21 Å². The Balaban J connectivity index is 1.32. The number of aromatic nitrogens is 5. The number of aromatic amines is 1. The lowest BCUT2D eigenvalue weighted by Crippen LogP contribution is -2.55. The third-order valence-electron chi connectivity index (χ3n) is 6.89. The molecule has 0 spiro atoms. The smallest absolute Gasteiger partial charge is 0.306 e. The van der Waals surface area contributed by atoms with E-state index in [2.05, 4.69) is 36.2 Å². The monoisotopic (exact) mass is 582 g/mol. The highest BCUT2D eigenvalue weighted by Crippen LogP contribution is 2.31. The fourth-order valence-corrected chi connectivity index (χ4v) is 4.79. The van der Waals surface area contributed by atoms with Gasteiger partial charge >= 0.3 is 5.97 Å². The fraction of sp³-hybridized carbons (Fsp3) is 0.267. The number of esters is 1. The second kappa shape index (κ2) is 13.9. The molecule has 0 radical (unpaired) electrons. The number of H-pyrrole nitrogens is 1. The number of amides is 3. The highest BCUT2D eigenvalue weighted by molar-refractivity contribution is 6.06. The van der Waals surface area contributed by atoms with Crippen molar-refractivity contribution < 1.29 is 23.9 Å². The van der Waals surface area contributed by atoms with E-state index >= 15 is 0 Å². The topological polar surface area (TPSA) is 172 Å². The van der Waals surface area contributed by atoms with E-state index in [1.165, 1.54) is 11.1 Å². The van der Waals surface area contributed by atoms with Crippen molar-refractivity contribution in [3.05, 3.63) is 102 Å². The molecule has 3 amide bonds. The molecule has 1 aliphatic heterocycles. The molecule has 13 nitrogen and oxygen atoms in total. The molecule has 1 aliphatic rings. The van der Waals surface area contributed by atoms with Gasteiger partial charge in [-0.05, 0) is 29.2 Å². The van der Waals surface area contributed by atoms with E-state index in [1.807, 2.05) is 60.7 Å². The van der Waals surface area contributed by atoms with Crippen LogP contribution in [0.15, 0.2) is 79.0 Å². The van der Waals surface area contributed by atoms with E-state index in [4.69, 9.17) is 4.74 Å². The minimum absolute atomic E-state index is 0.00212. The number of pyridine rings is 1. The highest BCUT2D eigenvalue weighted by atomic mass is 16.5. The first-order valence-electron chi connectivity index (χ1n) is 13.8. The number of nitrogens with zero attached hydrogens (tertiary/aromatic N) is 5. The molecule has 0 saturated carbocycles. The van der Waals surface area contributed by atoms with E-state index < -0.39 is 35.8 Å². The molecule has 0 fully saturated rings. The van der Waals surface area contributed by atoms with Gasteiger partial charge < -0.3 is 15.4 Å². The Hall–Kier alpha value is -5.46. The summed E-state index contributed by atoms with van der Waals surface area (Å²) in [6.07, 6.45) is 1.61. The van der Waals surface area contributed by atoms with Crippen molar-refractivity contribution in [1.82, 2.24) is 36.2 Å². The Morgan fingerprint density at radius 1 is 0.977 bits per heavy atom. The van der Waals surface area contributed by atoms with Gasteiger partial charge in [0, 0.05) is 19.0 Å². The Morgan fingerprint density at radius 2 is 1.72 bits per heavy atom. The summed E-state index contributed by atoms with van der Waals surface area (Å²) in [5.74, 6) is -1.34. The highest BCUT2D eigenvalue weighted by Gasteiger charge is 2.42. The Bertz CT molecular complexity index is 1550. The standard InChI is InChI=1S/C30H30N8O5/c39-26(16-20-8-3-1-4-9-20)33-23(13-14-27(40)43-19-21-10-5-2-6-11-21)30(42)38-24(17-22-12-7-15-31-28(22)38)29(41)32-18-25-34-36-37-35-25/h1-12,15,23-24H,13-14,16-19H2,(H,32,41)(H,33,39)(H,34,35,36,37)/t23-,24-/m0/s1. The zero-order chi connectivity index (χ0) is 30.0. The van der Waals surface area contributed by atoms with Crippen LogP contribution in [0.5, 0.6) is 0 Å². The van der Waals surface area contributed by atoms with Crippen LogP contribution in [0.2, 0.25) is 0 Å².